The number of rotatable bonds is 6. The quantitative estimate of drug-likeness (QED) is 0.682. The van der Waals surface area contributed by atoms with Crippen molar-refractivity contribution in [3.05, 3.63) is 24.0 Å². The van der Waals surface area contributed by atoms with E-state index in [1.54, 1.807) is 7.11 Å². The molecule has 0 spiro atoms. The Morgan fingerprint density at radius 2 is 2.43 bits per heavy atom. The molecule has 0 fully saturated rings. The van der Waals surface area contributed by atoms with E-state index in [-0.39, 0.29) is 0 Å². The summed E-state index contributed by atoms with van der Waals surface area (Å²) in [7, 11) is 3.59. The van der Waals surface area contributed by atoms with E-state index in [0.29, 0.717) is 13.2 Å². The third kappa shape index (κ3) is 3.49. The van der Waals surface area contributed by atoms with Gasteiger partial charge in [-0.3, -0.25) is 0 Å². The molecule has 1 aromatic heterocycles. The molecule has 2 N–H and O–H groups in total. The van der Waals surface area contributed by atoms with Crippen LogP contribution in [0.2, 0.25) is 0 Å². The second kappa shape index (κ2) is 5.80. The van der Waals surface area contributed by atoms with Gasteiger partial charge < -0.3 is 19.7 Å². The number of nitrogens with zero attached hydrogens (tertiary/aromatic N) is 1. The number of nitrogens with one attached hydrogen (secondary N) is 1. The van der Waals surface area contributed by atoms with Crippen molar-refractivity contribution in [2.75, 3.05) is 20.3 Å². The van der Waals surface area contributed by atoms with Crippen molar-refractivity contribution in [2.45, 2.75) is 12.6 Å². The number of ether oxygens (including phenoxy) is 1. The monoisotopic (exact) mass is 198 g/mol. The van der Waals surface area contributed by atoms with Crippen molar-refractivity contribution in [1.29, 1.82) is 0 Å². The van der Waals surface area contributed by atoms with Gasteiger partial charge >= 0.3 is 0 Å². The molecule has 4 nitrogen and oxygen atoms in total. The number of methoxy groups -OCH3 is 1. The van der Waals surface area contributed by atoms with E-state index in [9.17, 15) is 5.11 Å². The Morgan fingerprint density at radius 1 is 1.64 bits per heavy atom. The van der Waals surface area contributed by atoms with Gasteiger partial charge in [-0.1, -0.05) is 0 Å². The van der Waals surface area contributed by atoms with Crippen LogP contribution in [0.15, 0.2) is 18.3 Å². The summed E-state index contributed by atoms with van der Waals surface area (Å²) in [5.74, 6) is 0. The lowest BCUT2D eigenvalue weighted by molar-refractivity contribution is 0.0643. The molecule has 4 heteroatoms. The van der Waals surface area contributed by atoms with Crippen LogP contribution in [0.4, 0.5) is 0 Å². The third-order valence-electron chi connectivity index (χ3n) is 2.10. The van der Waals surface area contributed by atoms with Crippen LogP contribution in [-0.4, -0.2) is 36.0 Å². The predicted molar refractivity (Wildman–Crippen MR) is 55.0 cm³/mol. The van der Waals surface area contributed by atoms with E-state index in [1.165, 1.54) is 5.69 Å². The fourth-order valence-electron chi connectivity index (χ4n) is 1.30. The highest BCUT2D eigenvalue weighted by Gasteiger charge is 2.02. The van der Waals surface area contributed by atoms with Crippen molar-refractivity contribution < 1.29 is 9.84 Å². The molecule has 0 aliphatic rings. The molecular weight excluding hydrogens is 180 g/mol. The smallest absolute Gasteiger partial charge is 0.0897 e. The standard InChI is InChI=1S/C10H18N2O2/c1-12-5-3-4-9(12)6-11-7-10(13)8-14-2/h3-5,10-11,13H,6-8H2,1-2H3. The summed E-state index contributed by atoms with van der Waals surface area (Å²) in [6, 6.07) is 4.05. The van der Waals surface area contributed by atoms with Gasteiger partial charge in [-0.15, -0.1) is 0 Å². The van der Waals surface area contributed by atoms with Crippen LogP contribution in [0.5, 0.6) is 0 Å². The molecule has 1 unspecified atom stereocenters. The molecule has 0 amide bonds. The fraction of sp³-hybridized carbons (Fsp3) is 0.600. The molecule has 0 bridgehead atoms. The Labute approximate surface area is 84.5 Å². The van der Waals surface area contributed by atoms with Gasteiger partial charge in [-0.2, -0.15) is 0 Å². The van der Waals surface area contributed by atoms with E-state index < -0.39 is 6.10 Å². The largest absolute Gasteiger partial charge is 0.389 e. The highest BCUT2D eigenvalue weighted by atomic mass is 16.5. The van der Waals surface area contributed by atoms with E-state index in [4.69, 9.17) is 4.74 Å². The van der Waals surface area contributed by atoms with Crippen LogP contribution < -0.4 is 5.32 Å². The highest BCUT2D eigenvalue weighted by Crippen LogP contribution is 1.98. The molecule has 1 rings (SSSR count). The average molecular weight is 198 g/mol. The predicted octanol–water partition coefficient (Wildman–Crippen LogP) is 0.122. The summed E-state index contributed by atoms with van der Waals surface area (Å²) in [6.07, 6.45) is 1.57. The SMILES string of the molecule is COCC(O)CNCc1cccn1C. The molecule has 1 atom stereocenters. The summed E-state index contributed by atoms with van der Waals surface area (Å²) in [4.78, 5) is 0. The second-order valence-electron chi connectivity index (χ2n) is 3.35. The molecule has 1 heterocycles. The number of hydrogen-bond acceptors (Lipinski definition) is 3. The van der Waals surface area contributed by atoms with Crippen LogP contribution in [0.1, 0.15) is 5.69 Å². The van der Waals surface area contributed by atoms with E-state index in [1.807, 2.05) is 19.3 Å². The van der Waals surface area contributed by atoms with Crippen LogP contribution in [-0.2, 0) is 18.3 Å². The number of aryl methyl sites for hydroxylation is 1. The van der Waals surface area contributed by atoms with E-state index >= 15 is 0 Å². The van der Waals surface area contributed by atoms with Crippen LogP contribution in [0.3, 0.4) is 0 Å². The molecule has 0 radical (unpaired) electrons. The lowest BCUT2D eigenvalue weighted by Crippen LogP contribution is -2.30. The molecule has 0 aliphatic heterocycles. The average Bonchev–Trinajstić information content (AvgIpc) is 2.52. The Kier molecular flexibility index (Phi) is 4.65. The number of hydrogen-bond donors (Lipinski definition) is 2. The summed E-state index contributed by atoms with van der Waals surface area (Å²) in [5.41, 5.74) is 1.20. The lowest BCUT2D eigenvalue weighted by atomic mass is 10.3. The van der Waals surface area contributed by atoms with Gasteiger partial charge in [0.25, 0.3) is 0 Å². The van der Waals surface area contributed by atoms with Gasteiger partial charge in [-0.25, -0.2) is 0 Å². The first-order valence-corrected chi connectivity index (χ1v) is 4.72. The molecule has 80 valence electrons. The van der Waals surface area contributed by atoms with Gasteiger partial charge in [0.15, 0.2) is 0 Å². The van der Waals surface area contributed by atoms with Gasteiger partial charge in [0.05, 0.1) is 12.7 Å². The van der Waals surface area contributed by atoms with E-state index in [0.717, 1.165) is 6.54 Å². The molecular formula is C10H18N2O2. The third-order valence-corrected chi connectivity index (χ3v) is 2.10. The topological polar surface area (TPSA) is 46.4 Å². The first kappa shape index (κ1) is 11.2. The van der Waals surface area contributed by atoms with Crippen molar-refractivity contribution in [3.8, 4) is 0 Å². The summed E-state index contributed by atoms with van der Waals surface area (Å²) >= 11 is 0. The summed E-state index contributed by atoms with van der Waals surface area (Å²) in [5, 5.41) is 12.5. The lowest BCUT2D eigenvalue weighted by Gasteiger charge is -2.10. The Bertz CT molecular complexity index is 260. The molecule has 0 aromatic carbocycles. The van der Waals surface area contributed by atoms with Gasteiger partial charge in [0.2, 0.25) is 0 Å². The zero-order valence-electron chi connectivity index (χ0n) is 8.73. The van der Waals surface area contributed by atoms with E-state index in [2.05, 4.69) is 16.0 Å². The number of aliphatic hydroxyl groups is 1. The van der Waals surface area contributed by atoms with Crippen molar-refractivity contribution in [1.82, 2.24) is 9.88 Å². The second-order valence-corrected chi connectivity index (χ2v) is 3.35. The maximum absolute atomic E-state index is 9.35. The molecule has 0 aliphatic carbocycles. The van der Waals surface area contributed by atoms with Crippen molar-refractivity contribution in [2.24, 2.45) is 7.05 Å². The zero-order valence-corrected chi connectivity index (χ0v) is 8.73. The highest BCUT2D eigenvalue weighted by molar-refractivity contribution is 5.05. The van der Waals surface area contributed by atoms with Crippen molar-refractivity contribution in [3.63, 3.8) is 0 Å². The molecule has 0 saturated carbocycles. The Balaban J connectivity index is 2.19. The molecule has 14 heavy (non-hydrogen) atoms. The normalized spacial score (nSPS) is 13.1. The zero-order chi connectivity index (χ0) is 10.4. The Morgan fingerprint density at radius 3 is 3.00 bits per heavy atom. The first-order valence-electron chi connectivity index (χ1n) is 4.72. The van der Waals surface area contributed by atoms with Gasteiger partial charge in [-0.05, 0) is 12.1 Å². The van der Waals surface area contributed by atoms with Crippen LogP contribution in [0.25, 0.3) is 0 Å². The number of aromatic nitrogens is 1. The Hall–Kier alpha value is -0.840. The fourth-order valence-corrected chi connectivity index (χ4v) is 1.30. The summed E-state index contributed by atoms with van der Waals surface area (Å²) < 4.78 is 6.87. The minimum Gasteiger partial charge on any atom is -0.389 e. The minimum atomic E-state index is -0.430. The maximum Gasteiger partial charge on any atom is 0.0897 e. The summed E-state index contributed by atoms with van der Waals surface area (Å²) in [6.45, 7) is 1.70. The maximum atomic E-state index is 9.35. The van der Waals surface area contributed by atoms with Crippen molar-refractivity contribution >= 4 is 0 Å². The van der Waals surface area contributed by atoms with Gasteiger partial charge in [0, 0.05) is 39.1 Å². The van der Waals surface area contributed by atoms with Crippen LogP contribution in [0, 0.1) is 0 Å². The van der Waals surface area contributed by atoms with Crippen LogP contribution >= 0.6 is 0 Å². The van der Waals surface area contributed by atoms with Gasteiger partial charge in [0.1, 0.15) is 0 Å². The molecule has 0 saturated heterocycles. The number of aliphatic hydroxyl groups excluding tert-OH is 1. The first-order chi connectivity index (χ1) is 6.74. The molecule has 1 aromatic rings. The minimum absolute atomic E-state index is 0.375.